The fourth-order valence-electron chi connectivity index (χ4n) is 3.69. The Morgan fingerprint density at radius 3 is 2.83 bits per heavy atom. The smallest absolute Gasteiger partial charge is 0.251 e. The zero-order chi connectivity index (χ0) is 20.4. The van der Waals surface area contributed by atoms with Crippen LogP contribution in [0.25, 0.3) is 11.0 Å². The summed E-state index contributed by atoms with van der Waals surface area (Å²) in [4.78, 5) is 27.4. The molecule has 0 saturated heterocycles. The zero-order valence-electron chi connectivity index (χ0n) is 16.4. The average molecular weight is 410 g/mol. The first kappa shape index (κ1) is 19.3. The van der Waals surface area contributed by atoms with E-state index in [-0.39, 0.29) is 24.4 Å². The summed E-state index contributed by atoms with van der Waals surface area (Å²) in [7, 11) is 0. The Bertz CT molecular complexity index is 1060. The molecule has 2 N–H and O–H groups in total. The number of aromatic nitrogens is 2. The number of carbonyl (C=O) groups is 2. The molecule has 0 atom stereocenters. The number of anilines is 2. The topological polar surface area (TPSA) is 87.2 Å². The van der Waals surface area contributed by atoms with Crippen molar-refractivity contribution in [2.75, 3.05) is 23.3 Å². The molecule has 150 valence electrons. The third-order valence-corrected chi connectivity index (χ3v) is 5.45. The Morgan fingerprint density at radius 1 is 1.17 bits per heavy atom. The van der Waals surface area contributed by atoms with Gasteiger partial charge in [0.25, 0.3) is 5.91 Å². The lowest BCUT2D eigenvalue weighted by molar-refractivity contribution is -0.115. The first-order chi connectivity index (χ1) is 14.0. The van der Waals surface area contributed by atoms with E-state index in [1.165, 1.54) is 0 Å². The molecule has 29 heavy (non-hydrogen) atoms. The minimum absolute atomic E-state index is 0.0640. The van der Waals surface area contributed by atoms with Crippen molar-refractivity contribution in [2.45, 2.75) is 32.7 Å². The molecule has 7 nitrogen and oxygen atoms in total. The summed E-state index contributed by atoms with van der Waals surface area (Å²) < 4.78 is 8.48. The van der Waals surface area contributed by atoms with E-state index < -0.39 is 0 Å². The largest absolute Gasteiger partial charge is 0.362 e. The van der Waals surface area contributed by atoms with Crippen LogP contribution in [0.5, 0.6) is 0 Å². The fourth-order valence-corrected chi connectivity index (χ4v) is 4.24. The summed E-state index contributed by atoms with van der Waals surface area (Å²) in [6.07, 6.45) is 1.73. The molecule has 2 heterocycles. The maximum absolute atomic E-state index is 12.7. The SMILES string of the molecule is CC(C)NC(=O)c1cccc2c1CCCN2CC(=O)Nc1cccc2nsnc12. The quantitative estimate of drug-likeness (QED) is 0.676. The van der Waals surface area contributed by atoms with E-state index in [0.717, 1.165) is 47.9 Å². The maximum atomic E-state index is 12.7. The van der Waals surface area contributed by atoms with Crippen LogP contribution < -0.4 is 15.5 Å². The molecule has 1 aliphatic heterocycles. The molecule has 4 rings (SSSR count). The highest BCUT2D eigenvalue weighted by Gasteiger charge is 2.24. The van der Waals surface area contributed by atoms with Gasteiger partial charge in [-0.2, -0.15) is 8.75 Å². The van der Waals surface area contributed by atoms with Crippen LogP contribution in [0, 0.1) is 0 Å². The Balaban J connectivity index is 1.53. The molecule has 0 fully saturated rings. The van der Waals surface area contributed by atoms with E-state index in [9.17, 15) is 9.59 Å². The Morgan fingerprint density at radius 2 is 2.00 bits per heavy atom. The summed E-state index contributed by atoms with van der Waals surface area (Å²) in [6, 6.07) is 11.4. The van der Waals surface area contributed by atoms with E-state index in [1.54, 1.807) is 0 Å². The molecule has 1 aliphatic rings. The van der Waals surface area contributed by atoms with Gasteiger partial charge in [0, 0.05) is 23.8 Å². The summed E-state index contributed by atoms with van der Waals surface area (Å²) in [5.41, 5.74) is 4.81. The first-order valence-corrected chi connectivity index (χ1v) is 10.4. The molecular formula is C21H23N5O2S. The lowest BCUT2D eigenvalue weighted by Gasteiger charge is -2.32. The number of nitrogens with zero attached hydrogens (tertiary/aromatic N) is 3. The number of hydrogen-bond donors (Lipinski definition) is 2. The predicted molar refractivity (Wildman–Crippen MR) is 116 cm³/mol. The summed E-state index contributed by atoms with van der Waals surface area (Å²) in [5, 5.41) is 5.92. The molecular weight excluding hydrogens is 386 g/mol. The van der Waals surface area contributed by atoms with Crippen LogP contribution in [0.4, 0.5) is 11.4 Å². The summed E-state index contributed by atoms with van der Waals surface area (Å²) in [6.45, 7) is 4.89. The highest BCUT2D eigenvalue weighted by atomic mass is 32.1. The minimum Gasteiger partial charge on any atom is -0.362 e. The van der Waals surface area contributed by atoms with Gasteiger partial charge in [0.15, 0.2) is 0 Å². The lowest BCUT2D eigenvalue weighted by Crippen LogP contribution is -2.38. The predicted octanol–water partition coefficient (Wildman–Crippen LogP) is 3.22. The van der Waals surface area contributed by atoms with E-state index in [4.69, 9.17) is 0 Å². The summed E-state index contributed by atoms with van der Waals surface area (Å²) >= 11 is 1.13. The van der Waals surface area contributed by atoms with Crippen LogP contribution in [0.2, 0.25) is 0 Å². The van der Waals surface area contributed by atoms with Crippen LogP contribution in [0.15, 0.2) is 36.4 Å². The third-order valence-electron chi connectivity index (χ3n) is 4.91. The van der Waals surface area contributed by atoms with Gasteiger partial charge in [0.2, 0.25) is 5.91 Å². The van der Waals surface area contributed by atoms with Crippen LogP contribution in [-0.2, 0) is 11.2 Å². The van der Waals surface area contributed by atoms with Gasteiger partial charge in [-0.3, -0.25) is 9.59 Å². The molecule has 3 aromatic rings. The van der Waals surface area contributed by atoms with Crippen molar-refractivity contribution in [3.8, 4) is 0 Å². The van der Waals surface area contributed by atoms with Gasteiger partial charge < -0.3 is 15.5 Å². The number of nitrogens with one attached hydrogen (secondary N) is 2. The highest BCUT2D eigenvalue weighted by Crippen LogP contribution is 2.30. The first-order valence-electron chi connectivity index (χ1n) is 9.72. The molecule has 1 aromatic heterocycles. The second kappa shape index (κ2) is 8.16. The second-order valence-corrected chi connectivity index (χ2v) is 7.97. The van der Waals surface area contributed by atoms with Crippen LogP contribution in [0.1, 0.15) is 36.2 Å². The van der Waals surface area contributed by atoms with E-state index >= 15 is 0 Å². The molecule has 2 aromatic carbocycles. The normalized spacial score (nSPS) is 13.4. The number of carbonyl (C=O) groups excluding carboxylic acids is 2. The second-order valence-electron chi connectivity index (χ2n) is 7.44. The molecule has 0 bridgehead atoms. The fraction of sp³-hybridized carbons (Fsp3) is 0.333. The molecule has 0 aliphatic carbocycles. The van der Waals surface area contributed by atoms with Crippen molar-refractivity contribution in [1.29, 1.82) is 0 Å². The average Bonchev–Trinajstić information content (AvgIpc) is 3.17. The van der Waals surface area contributed by atoms with E-state index in [1.807, 2.05) is 55.1 Å². The number of hydrogen-bond acceptors (Lipinski definition) is 6. The summed E-state index contributed by atoms with van der Waals surface area (Å²) in [5.74, 6) is -0.179. The van der Waals surface area contributed by atoms with Gasteiger partial charge in [0.1, 0.15) is 11.0 Å². The molecule has 8 heteroatoms. The van der Waals surface area contributed by atoms with E-state index in [2.05, 4.69) is 19.4 Å². The number of fused-ring (bicyclic) bond motifs is 2. The Kier molecular flexibility index (Phi) is 5.44. The Hall–Kier alpha value is -3.00. The molecule has 0 spiro atoms. The van der Waals surface area contributed by atoms with Crippen LogP contribution in [-0.4, -0.2) is 39.7 Å². The lowest BCUT2D eigenvalue weighted by atomic mass is 9.95. The number of amides is 2. The van der Waals surface area contributed by atoms with Crippen molar-refractivity contribution in [2.24, 2.45) is 0 Å². The Labute approximate surface area is 173 Å². The molecule has 0 saturated carbocycles. The number of benzene rings is 2. The van der Waals surface area contributed by atoms with Crippen LogP contribution in [0.3, 0.4) is 0 Å². The van der Waals surface area contributed by atoms with Crippen molar-refractivity contribution in [1.82, 2.24) is 14.1 Å². The van der Waals surface area contributed by atoms with Gasteiger partial charge in [-0.15, -0.1) is 0 Å². The van der Waals surface area contributed by atoms with Gasteiger partial charge >= 0.3 is 0 Å². The molecule has 2 amide bonds. The van der Waals surface area contributed by atoms with Gasteiger partial charge in [-0.1, -0.05) is 12.1 Å². The maximum Gasteiger partial charge on any atom is 0.251 e. The van der Waals surface area contributed by atoms with Gasteiger partial charge in [-0.25, -0.2) is 0 Å². The van der Waals surface area contributed by atoms with Crippen molar-refractivity contribution in [3.63, 3.8) is 0 Å². The van der Waals surface area contributed by atoms with Crippen molar-refractivity contribution < 1.29 is 9.59 Å². The third kappa shape index (κ3) is 4.07. The highest BCUT2D eigenvalue weighted by molar-refractivity contribution is 7.00. The molecule has 0 unspecified atom stereocenters. The van der Waals surface area contributed by atoms with Crippen molar-refractivity contribution >= 4 is 46.0 Å². The molecule has 0 radical (unpaired) electrons. The standard InChI is InChI=1S/C21H23N5O2S/c1-13(2)22-21(28)15-6-3-10-18-14(15)7-5-11-26(18)12-19(27)23-16-8-4-9-17-20(16)25-29-24-17/h3-4,6,8-10,13H,5,7,11-12H2,1-2H3,(H,22,28)(H,23,27). The monoisotopic (exact) mass is 409 g/mol. The van der Waals surface area contributed by atoms with Gasteiger partial charge in [-0.05, 0) is 56.5 Å². The van der Waals surface area contributed by atoms with Crippen LogP contribution >= 0.6 is 11.7 Å². The minimum atomic E-state index is -0.115. The number of rotatable bonds is 5. The zero-order valence-corrected chi connectivity index (χ0v) is 17.3. The van der Waals surface area contributed by atoms with Gasteiger partial charge in [0.05, 0.1) is 24.0 Å². The van der Waals surface area contributed by atoms with E-state index in [0.29, 0.717) is 16.8 Å². The van der Waals surface area contributed by atoms with Crippen molar-refractivity contribution in [3.05, 3.63) is 47.5 Å².